The van der Waals surface area contributed by atoms with Crippen molar-refractivity contribution in [2.24, 2.45) is 0 Å². The van der Waals surface area contributed by atoms with Crippen molar-refractivity contribution in [1.29, 1.82) is 0 Å². The standard InChI is InChI=1S/C6H19NSi2.2CH3.Ti/c1-7(8(2)3)9(4,5)6;;;/h8H,1-6H3;2*1H3;. The molecule has 0 aliphatic rings. The SMILES string of the molecule is CN([SiH](C)C)[Si](C)(C)C.[CH3][Ti][CH3]. The fourth-order valence-electron chi connectivity index (χ4n) is 0.775. The second-order valence-corrected chi connectivity index (χ2v) is 14.5. The Balaban J connectivity index is 0. The zero-order chi connectivity index (χ0) is 10.4. The summed E-state index contributed by atoms with van der Waals surface area (Å²) in [5.41, 5.74) is 0. The van der Waals surface area contributed by atoms with Crippen LogP contribution in [-0.2, 0) is 19.2 Å². The normalized spacial score (nSPS) is 11.2. The van der Waals surface area contributed by atoms with Crippen molar-refractivity contribution >= 4 is 17.2 Å². The Morgan fingerprint density at radius 1 is 1.08 bits per heavy atom. The number of rotatable bonds is 2. The third-order valence-electron chi connectivity index (χ3n) is 1.83. The van der Waals surface area contributed by atoms with Crippen molar-refractivity contribution in [3.05, 3.63) is 0 Å². The van der Waals surface area contributed by atoms with Crippen molar-refractivity contribution in [1.82, 2.24) is 4.23 Å². The molecule has 0 radical (unpaired) electrons. The Bertz CT molecular complexity index is 102. The molecule has 0 unspecified atom stereocenters. The van der Waals surface area contributed by atoms with Crippen LogP contribution >= 0.6 is 0 Å². The van der Waals surface area contributed by atoms with E-state index < -0.39 is 17.2 Å². The van der Waals surface area contributed by atoms with E-state index in [9.17, 15) is 0 Å². The van der Waals surface area contributed by atoms with Gasteiger partial charge in [0.15, 0.2) is 0 Å². The molecule has 0 saturated carbocycles. The van der Waals surface area contributed by atoms with E-state index in [1.807, 2.05) is 0 Å². The maximum atomic E-state index is 2.63. The Hall–Kier alpha value is 1.11. The molecule has 0 heterocycles. The Morgan fingerprint density at radius 2 is 1.33 bits per heavy atom. The van der Waals surface area contributed by atoms with E-state index >= 15 is 0 Å². The van der Waals surface area contributed by atoms with E-state index in [-0.39, 0.29) is 0 Å². The van der Waals surface area contributed by atoms with E-state index in [1.54, 1.807) is 0 Å². The molecule has 4 heteroatoms. The van der Waals surface area contributed by atoms with Crippen molar-refractivity contribution in [3.8, 4) is 0 Å². The Labute approximate surface area is 90.6 Å². The van der Waals surface area contributed by atoms with Gasteiger partial charge in [0.2, 0.25) is 0 Å². The third-order valence-corrected chi connectivity index (χ3v) is 9.37. The van der Waals surface area contributed by atoms with Crippen molar-refractivity contribution in [2.75, 3.05) is 7.05 Å². The summed E-state index contributed by atoms with van der Waals surface area (Å²) in [6, 6.07) is 0. The van der Waals surface area contributed by atoms with Crippen LogP contribution in [0, 0.1) is 0 Å². The van der Waals surface area contributed by atoms with Crippen LogP contribution in [-0.4, -0.2) is 28.5 Å². The molecule has 0 spiro atoms. The second-order valence-electron chi connectivity index (χ2n) is 4.38. The summed E-state index contributed by atoms with van der Waals surface area (Å²) in [5, 5.41) is 4.50. The summed E-state index contributed by atoms with van der Waals surface area (Å²) >= 11 is 0.500. The summed E-state index contributed by atoms with van der Waals surface area (Å²) < 4.78 is 2.63. The van der Waals surface area contributed by atoms with Gasteiger partial charge in [-0.3, -0.25) is 0 Å². The van der Waals surface area contributed by atoms with Gasteiger partial charge in [0, 0.05) is 0 Å². The predicted molar refractivity (Wildman–Crippen MR) is 61.7 cm³/mol. The molecule has 0 aromatic rings. The molecule has 0 N–H and O–H groups in total. The van der Waals surface area contributed by atoms with Crippen LogP contribution < -0.4 is 0 Å². The number of hydrogen-bond donors (Lipinski definition) is 0. The van der Waals surface area contributed by atoms with Gasteiger partial charge in [0.25, 0.3) is 0 Å². The summed E-state index contributed by atoms with van der Waals surface area (Å²) in [7, 11) is 0.858. The molecule has 1 nitrogen and oxygen atoms in total. The van der Waals surface area contributed by atoms with Crippen LogP contribution in [0.3, 0.4) is 0 Å². The van der Waals surface area contributed by atoms with Gasteiger partial charge in [-0.05, 0) is 7.05 Å². The first-order valence-electron chi connectivity index (χ1n) is 4.58. The molecule has 0 aliphatic carbocycles. The Morgan fingerprint density at radius 3 is 1.33 bits per heavy atom. The fraction of sp³-hybridized carbons (Fsp3) is 1.00. The van der Waals surface area contributed by atoms with Crippen LogP contribution in [0.1, 0.15) is 0 Å². The minimum atomic E-state index is -0.929. The molecule has 0 aromatic heterocycles. The number of nitrogens with zero attached hydrogens (tertiary/aromatic N) is 1. The molecule has 0 aliphatic heterocycles. The van der Waals surface area contributed by atoms with Gasteiger partial charge in [-0.15, -0.1) is 0 Å². The summed E-state index contributed by atoms with van der Waals surface area (Å²) in [6.45, 7) is 12.0. The van der Waals surface area contributed by atoms with Gasteiger partial charge >= 0.3 is 29.6 Å². The van der Waals surface area contributed by atoms with Gasteiger partial charge in [0.1, 0.15) is 8.24 Å². The van der Waals surface area contributed by atoms with Crippen LogP contribution in [0.4, 0.5) is 0 Å². The summed E-state index contributed by atoms with van der Waals surface area (Å²) in [5.74, 6) is 0. The zero-order valence-corrected chi connectivity index (χ0v) is 13.7. The van der Waals surface area contributed by atoms with Crippen molar-refractivity contribution in [3.63, 3.8) is 0 Å². The van der Waals surface area contributed by atoms with Gasteiger partial charge in [-0.2, -0.15) is 0 Å². The van der Waals surface area contributed by atoms with Crippen molar-refractivity contribution < 1.29 is 19.2 Å². The van der Waals surface area contributed by atoms with E-state index in [0.717, 1.165) is 0 Å². The van der Waals surface area contributed by atoms with E-state index in [4.69, 9.17) is 0 Å². The van der Waals surface area contributed by atoms with E-state index in [0.29, 0.717) is 19.2 Å². The molecule has 0 amide bonds. The second kappa shape index (κ2) is 7.51. The summed E-state index contributed by atoms with van der Waals surface area (Å²) in [6.07, 6.45) is 0. The Kier molecular flexibility index (Phi) is 9.74. The zero-order valence-electron chi connectivity index (χ0n) is 10.0. The molecular formula is C8H25NSi2Ti. The predicted octanol–water partition coefficient (Wildman–Crippen LogP) is 2.90. The quantitative estimate of drug-likeness (QED) is 0.670. The molecule has 12 heavy (non-hydrogen) atoms. The van der Waals surface area contributed by atoms with Gasteiger partial charge in [0.05, 0.1) is 8.96 Å². The number of hydrogen-bond acceptors (Lipinski definition) is 1. The van der Waals surface area contributed by atoms with Crippen molar-refractivity contribution in [2.45, 2.75) is 43.2 Å². The fourth-order valence-corrected chi connectivity index (χ4v) is 6.97. The van der Waals surface area contributed by atoms with Crippen LogP contribution in [0.5, 0.6) is 0 Å². The van der Waals surface area contributed by atoms with E-state index in [2.05, 4.69) is 54.5 Å². The molecular weight excluding hydrogens is 214 g/mol. The first-order valence-corrected chi connectivity index (χ1v) is 14.0. The minimum absolute atomic E-state index is 0.495. The first kappa shape index (κ1) is 15.6. The first-order chi connectivity index (χ1) is 5.27. The average Bonchev–Trinajstić information content (AvgIpc) is 1.85. The van der Waals surface area contributed by atoms with Crippen LogP contribution in [0.25, 0.3) is 0 Å². The molecule has 0 aromatic carbocycles. The molecule has 0 saturated heterocycles. The molecule has 0 rings (SSSR count). The monoisotopic (exact) mass is 239 g/mol. The third kappa shape index (κ3) is 9.20. The molecule has 74 valence electrons. The van der Waals surface area contributed by atoms with Gasteiger partial charge in [-0.25, -0.2) is 0 Å². The van der Waals surface area contributed by atoms with E-state index in [1.165, 1.54) is 0 Å². The van der Waals surface area contributed by atoms with Gasteiger partial charge < -0.3 is 4.23 Å². The average molecular weight is 239 g/mol. The van der Waals surface area contributed by atoms with Gasteiger partial charge in [-0.1, -0.05) is 32.7 Å². The van der Waals surface area contributed by atoms with Crippen LogP contribution in [0.2, 0.25) is 43.2 Å². The topological polar surface area (TPSA) is 3.24 Å². The molecule has 0 fully saturated rings. The van der Waals surface area contributed by atoms with Crippen LogP contribution in [0.15, 0.2) is 0 Å². The molecule has 0 atom stereocenters. The maximum absolute atomic E-state index is 2.63. The molecule has 0 bridgehead atoms. The summed E-state index contributed by atoms with van der Waals surface area (Å²) in [4.78, 5) is 0.